The molecule has 2 nitrogen and oxygen atoms in total. The highest BCUT2D eigenvalue weighted by atomic mass is 28.3. The van der Waals surface area contributed by atoms with Crippen LogP contribution in [-0.4, -0.2) is 8.07 Å². The van der Waals surface area contributed by atoms with Crippen LogP contribution in [0.4, 0.5) is 0 Å². The smallest absolute Gasteiger partial charge is 0.217 e. The second-order valence-corrected chi connectivity index (χ2v) is 16.9. The lowest BCUT2D eigenvalue weighted by Crippen LogP contribution is -2.41. The van der Waals surface area contributed by atoms with Crippen molar-refractivity contribution in [2.24, 2.45) is 13.0 Å². The molecule has 0 unspecified atom stereocenters. The zero-order valence-electron chi connectivity index (χ0n) is 22.8. The van der Waals surface area contributed by atoms with E-state index in [-0.39, 0.29) is 0 Å². The van der Waals surface area contributed by atoms with E-state index >= 15 is 0 Å². The first kappa shape index (κ1) is 23.8. The molecule has 0 bridgehead atoms. The van der Waals surface area contributed by atoms with Gasteiger partial charge in [0.05, 0.1) is 13.6 Å². The van der Waals surface area contributed by atoms with Crippen LogP contribution in [0.2, 0.25) is 19.6 Å². The SMILES string of the molecule is Cc1cc2c(cc1[Si](C)(C)C)c(CC(C)C)cc(-c1c(C)c(C)cc3c1oc1ccccc13)[n+]2C. The van der Waals surface area contributed by atoms with Crippen molar-refractivity contribution in [1.29, 1.82) is 0 Å². The molecule has 35 heavy (non-hydrogen) atoms. The molecule has 0 radical (unpaired) electrons. The van der Waals surface area contributed by atoms with Gasteiger partial charge in [0, 0.05) is 28.3 Å². The molecule has 5 aromatic rings. The highest BCUT2D eigenvalue weighted by molar-refractivity contribution is 6.89. The lowest BCUT2D eigenvalue weighted by atomic mass is 9.92. The van der Waals surface area contributed by atoms with Crippen molar-refractivity contribution in [2.75, 3.05) is 0 Å². The second kappa shape index (κ2) is 8.34. The van der Waals surface area contributed by atoms with E-state index < -0.39 is 8.07 Å². The minimum Gasteiger partial charge on any atom is -0.455 e. The molecule has 0 aliphatic carbocycles. The third-order valence-electron chi connectivity index (χ3n) is 7.60. The van der Waals surface area contributed by atoms with Gasteiger partial charge in [-0.1, -0.05) is 56.9 Å². The van der Waals surface area contributed by atoms with Crippen LogP contribution in [0.25, 0.3) is 44.1 Å². The molecule has 0 aliphatic heterocycles. The monoisotopic (exact) mass is 480 g/mol. The normalized spacial score (nSPS) is 12.5. The summed E-state index contributed by atoms with van der Waals surface area (Å²) in [5.41, 5.74) is 11.2. The van der Waals surface area contributed by atoms with Crippen LogP contribution in [0.1, 0.15) is 36.1 Å². The Balaban J connectivity index is 1.92. The van der Waals surface area contributed by atoms with Gasteiger partial charge in [0.2, 0.25) is 11.2 Å². The predicted octanol–water partition coefficient (Wildman–Crippen LogP) is 7.90. The zero-order chi connectivity index (χ0) is 25.2. The van der Waals surface area contributed by atoms with Gasteiger partial charge in [-0.15, -0.1) is 0 Å². The van der Waals surface area contributed by atoms with Gasteiger partial charge in [-0.25, -0.2) is 0 Å². The van der Waals surface area contributed by atoms with Crippen molar-refractivity contribution in [3.8, 4) is 11.3 Å². The third-order valence-corrected chi connectivity index (χ3v) is 9.76. The second-order valence-electron chi connectivity index (χ2n) is 11.8. The van der Waals surface area contributed by atoms with Crippen LogP contribution < -0.4 is 9.75 Å². The fourth-order valence-corrected chi connectivity index (χ4v) is 7.58. The Hall–Kier alpha value is -2.91. The maximum absolute atomic E-state index is 6.54. The Morgan fingerprint density at radius 2 is 1.57 bits per heavy atom. The lowest BCUT2D eigenvalue weighted by molar-refractivity contribution is -0.633. The number of para-hydroxylation sites is 1. The molecule has 3 aromatic carbocycles. The lowest BCUT2D eigenvalue weighted by Gasteiger charge is -2.21. The van der Waals surface area contributed by atoms with Gasteiger partial charge in [-0.3, -0.25) is 0 Å². The number of aromatic nitrogens is 1. The molecule has 5 rings (SSSR count). The number of aryl methyl sites for hydroxylation is 3. The van der Waals surface area contributed by atoms with Gasteiger partial charge in [0.15, 0.2) is 0 Å². The number of hydrogen-bond acceptors (Lipinski definition) is 1. The molecule has 0 spiro atoms. The van der Waals surface area contributed by atoms with E-state index in [0.29, 0.717) is 5.92 Å². The summed E-state index contributed by atoms with van der Waals surface area (Å²) in [6, 6.07) is 18.1. The highest BCUT2D eigenvalue weighted by Crippen LogP contribution is 2.39. The molecule has 0 N–H and O–H groups in total. The van der Waals surface area contributed by atoms with Crippen molar-refractivity contribution in [3.05, 3.63) is 70.8 Å². The predicted molar refractivity (Wildman–Crippen MR) is 154 cm³/mol. The van der Waals surface area contributed by atoms with Crippen molar-refractivity contribution < 1.29 is 8.98 Å². The van der Waals surface area contributed by atoms with Gasteiger partial charge in [0.25, 0.3) is 0 Å². The number of pyridine rings is 1. The summed E-state index contributed by atoms with van der Waals surface area (Å²) < 4.78 is 8.94. The van der Waals surface area contributed by atoms with Crippen LogP contribution >= 0.6 is 0 Å². The van der Waals surface area contributed by atoms with E-state index in [1.54, 1.807) is 5.19 Å². The molecule has 180 valence electrons. The third kappa shape index (κ3) is 3.90. The summed E-state index contributed by atoms with van der Waals surface area (Å²) in [5.74, 6) is 0.584. The van der Waals surface area contributed by atoms with Crippen LogP contribution in [0.15, 0.2) is 52.9 Å². The van der Waals surface area contributed by atoms with Gasteiger partial charge in [0.1, 0.15) is 18.2 Å². The number of fused-ring (bicyclic) bond motifs is 4. The van der Waals surface area contributed by atoms with E-state index in [4.69, 9.17) is 4.42 Å². The minimum absolute atomic E-state index is 0.584. The largest absolute Gasteiger partial charge is 0.455 e. The first-order valence-corrected chi connectivity index (χ1v) is 16.4. The molecule has 0 saturated carbocycles. The van der Waals surface area contributed by atoms with Crippen LogP contribution in [-0.2, 0) is 13.5 Å². The molecule has 0 amide bonds. The van der Waals surface area contributed by atoms with Crippen molar-refractivity contribution in [3.63, 3.8) is 0 Å². The molecule has 2 heterocycles. The van der Waals surface area contributed by atoms with Gasteiger partial charge in [-0.2, -0.15) is 4.57 Å². The topological polar surface area (TPSA) is 17.0 Å². The molecular weight excluding hydrogens is 442 g/mol. The van der Waals surface area contributed by atoms with E-state index in [9.17, 15) is 0 Å². The summed E-state index contributed by atoms with van der Waals surface area (Å²) in [4.78, 5) is 0. The maximum Gasteiger partial charge on any atom is 0.217 e. The van der Waals surface area contributed by atoms with Crippen LogP contribution in [0, 0.1) is 26.7 Å². The van der Waals surface area contributed by atoms with Gasteiger partial charge in [-0.05, 0) is 73.6 Å². The molecule has 0 fully saturated rings. The maximum atomic E-state index is 6.54. The first-order chi connectivity index (χ1) is 16.5. The van der Waals surface area contributed by atoms with Crippen LogP contribution in [0.5, 0.6) is 0 Å². The fourth-order valence-electron chi connectivity index (χ4n) is 5.75. The average molecular weight is 481 g/mol. The molecule has 2 aromatic heterocycles. The van der Waals surface area contributed by atoms with E-state index in [2.05, 4.69) is 114 Å². The van der Waals surface area contributed by atoms with Crippen LogP contribution in [0.3, 0.4) is 0 Å². The van der Waals surface area contributed by atoms with Crippen molar-refractivity contribution in [1.82, 2.24) is 0 Å². The Kier molecular flexibility index (Phi) is 5.67. The summed E-state index contributed by atoms with van der Waals surface area (Å²) >= 11 is 0. The van der Waals surface area contributed by atoms with E-state index in [1.165, 1.54) is 55.2 Å². The Morgan fingerprint density at radius 1 is 0.857 bits per heavy atom. The quantitative estimate of drug-likeness (QED) is 0.189. The molecule has 3 heteroatoms. The summed E-state index contributed by atoms with van der Waals surface area (Å²) in [5, 5.41) is 5.36. The van der Waals surface area contributed by atoms with Crippen molar-refractivity contribution >= 4 is 46.1 Å². The first-order valence-electron chi connectivity index (χ1n) is 12.9. The van der Waals surface area contributed by atoms with E-state index in [0.717, 1.165) is 17.6 Å². The van der Waals surface area contributed by atoms with Gasteiger partial charge >= 0.3 is 0 Å². The standard InChI is InChI=1S/C32H38NOSi/c1-19(2)14-23-17-28(33(6)27-16-21(4)30(18-25(23)27)35(7,8)9)31-22(5)20(3)15-26-24-12-10-11-13-29(24)34-32(26)31/h10-13,15-19H,14H2,1-9H3/q+1. The number of nitrogens with zero attached hydrogens (tertiary/aromatic N) is 1. The molecule has 0 saturated heterocycles. The van der Waals surface area contributed by atoms with Gasteiger partial charge < -0.3 is 4.42 Å². The minimum atomic E-state index is -1.45. The summed E-state index contributed by atoms with van der Waals surface area (Å²) in [6.07, 6.45) is 1.06. The zero-order valence-corrected chi connectivity index (χ0v) is 23.8. The molecule has 0 aliphatic rings. The summed E-state index contributed by atoms with van der Waals surface area (Å²) in [7, 11) is 0.774. The van der Waals surface area contributed by atoms with E-state index in [1.807, 2.05) is 0 Å². The highest BCUT2D eigenvalue weighted by Gasteiger charge is 2.27. The number of benzene rings is 3. The van der Waals surface area contributed by atoms with Crippen molar-refractivity contribution in [2.45, 2.75) is 60.7 Å². The number of hydrogen-bond donors (Lipinski definition) is 0. The Morgan fingerprint density at radius 3 is 2.26 bits per heavy atom. The number of furan rings is 1. The average Bonchev–Trinajstić information content (AvgIpc) is 3.13. The molecule has 0 atom stereocenters. The Bertz CT molecular complexity index is 1620. The number of rotatable bonds is 4. The molecular formula is C32H38NOSi+. The Labute approximate surface area is 210 Å². The summed E-state index contributed by atoms with van der Waals surface area (Å²) in [6.45, 7) is 18.7. The fraction of sp³-hybridized carbons (Fsp3) is 0.344.